The SMILES string of the molecule is CC(C)C[C@H](C(=O)N[C@H]1C(=O)N[C@@H](CC(N)=O)C(=O)N[C@H]2C(=O)NC3C(=O)N[C@H](C(=O)N[C@H](C(=O)O)c4cc(O)cc(O)c4-c4cc3ccc4O)[C@H](O)c3ccc(c(Cl)c3)Oc3cc2cc(c3O[C@@H]2OC(CO)C(O)C(O)[C@H]2O[C@H]2C[C@](C)(N)[C@H](O)[C@H](C)O2)Oc2ccc(cc2Cl)[C@H]1O)N(C)C. The fourth-order valence-corrected chi connectivity index (χ4v) is 13.1. The fraction of sp³-hybridized carbons (Fsp3) is 0.433. The lowest BCUT2D eigenvalue weighted by molar-refractivity contribution is -0.333. The lowest BCUT2D eigenvalue weighted by atomic mass is 9.86. The molecule has 0 saturated carbocycles. The minimum atomic E-state index is -2.35. The van der Waals surface area contributed by atoms with Crippen molar-refractivity contribution >= 4 is 70.5 Å². The van der Waals surface area contributed by atoms with Gasteiger partial charge < -0.3 is 123 Å². The first-order valence-corrected chi connectivity index (χ1v) is 32.7. The van der Waals surface area contributed by atoms with E-state index in [1.807, 2.05) is 13.8 Å². The monoisotopic (exact) mass is 1460 g/mol. The van der Waals surface area contributed by atoms with Gasteiger partial charge in [-0.25, -0.2) is 4.79 Å². The summed E-state index contributed by atoms with van der Waals surface area (Å²) >= 11 is 14.1. The number of primary amides is 1. The molecule has 2 saturated heterocycles. The fourth-order valence-electron chi connectivity index (χ4n) is 12.7. The third-order valence-corrected chi connectivity index (χ3v) is 18.6. The van der Waals surface area contributed by atoms with E-state index in [1.54, 1.807) is 19.0 Å². The molecule has 11 bridgehead atoms. The minimum Gasteiger partial charge on any atom is -0.508 e. The number of likely N-dealkylation sites (N-methyl/N-ethyl adjacent to an activating group) is 1. The second kappa shape index (κ2) is 30.4. The van der Waals surface area contributed by atoms with E-state index in [0.29, 0.717) is 0 Å². The van der Waals surface area contributed by atoms with Gasteiger partial charge in [-0.2, -0.15) is 0 Å². The second-order valence-electron chi connectivity index (χ2n) is 26.4. The lowest BCUT2D eigenvalue weighted by Crippen LogP contribution is -2.64. The summed E-state index contributed by atoms with van der Waals surface area (Å²) in [6.45, 7) is 5.70. The van der Waals surface area contributed by atoms with Crippen molar-refractivity contribution in [1.82, 2.24) is 36.8 Å². The zero-order chi connectivity index (χ0) is 74.4. The van der Waals surface area contributed by atoms with Crippen molar-refractivity contribution in [3.8, 4) is 57.1 Å². The van der Waals surface area contributed by atoms with Crippen LogP contribution in [0.1, 0.15) is 105 Å². The minimum absolute atomic E-state index is 0.0929. The number of carbonyl (C=O) groups excluding carboxylic acids is 7. The number of halogens is 2. The first-order chi connectivity index (χ1) is 48.0. The zero-order valence-corrected chi connectivity index (χ0v) is 56.8. The van der Waals surface area contributed by atoms with Gasteiger partial charge in [0.1, 0.15) is 89.5 Å². The number of aliphatic carboxylic acids is 1. The summed E-state index contributed by atoms with van der Waals surface area (Å²) < 4.78 is 38.3. The number of fused-ring (bicyclic) bond motifs is 15. The molecular weight excluding hydrogens is 1390 g/mol. The average molecular weight is 1460 g/mol. The quantitative estimate of drug-likeness (QED) is 0.0761. The Hall–Kier alpha value is -9.20. The smallest absolute Gasteiger partial charge is 0.330 e. The molecule has 548 valence electrons. The summed E-state index contributed by atoms with van der Waals surface area (Å²) in [5, 5.41) is 128. The molecule has 4 unspecified atom stereocenters. The maximum atomic E-state index is 16.0. The number of amides is 7. The number of hydrogen-bond acceptors (Lipinski definition) is 25. The highest BCUT2D eigenvalue weighted by molar-refractivity contribution is 6.32. The molecule has 12 rings (SSSR count). The molecule has 0 aliphatic carbocycles. The highest BCUT2D eigenvalue weighted by atomic mass is 35.5. The molecule has 33 nitrogen and oxygen atoms in total. The van der Waals surface area contributed by atoms with Gasteiger partial charge in [-0.1, -0.05) is 55.2 Å². The van der Waals surface area contributed by atoms with Crippen LogP contribution in [0.5, 0.6) is 46.0 Å². The molecule has 7 aliphatic heterocycles. The van der Waals surface area contributed by atoms with Crippen LogP contribution in [-0.2, 0) is 52.6 Å². The van der Waals surface area contributed by atoms with Gasteiger partial charge in [0.2, 0.25) is 53.4 Å². The summed E-state index contributed by atoms with van der Waals surface area (Å²) in [6, 6.07) is -0.588. The predicted octanol–water partition coefficient (Wildman–Crippen LogP) is 0.448. The summed E-state index contributed by atoms with van der Waals surface area (Å²) in [5.41, 5.74) is 8.04. The number of nitrogens with one attached hydrogen (secondary N) is 6. The Morgan fingerprint density at radius 3 is 1.89 bits per heavy atom. The van der Waals surface area contributed by atoms with Crippen LogP contribution < -0.4 is 57.6 Å². The Balaban J connectivity index is 1.24. The van der Waals surface area contributed by atoms with E-state index in [2.05, 4.69) is 31.9 Å². The van der Waals surface area contributed by atoms with Gasteiger partial charge in [-0.05, 0) is 117 Å². The van der Waals surface area contributed by atoms with E-state index < -0.39 is 237 Å². The van der Waals surface area contributed by atoms with Crippen LogP contribution in [0, 0.1) is 5.92 Å². The topological polar surface area (TPSA) is 522 Å². The lowest BCUT2D eigenvalue weighted by Gasteiger charge is -2.47. The number of nitrogens with zero attached hydrogens (tertiary/aromatic N) is 1. The molecule has 5 aromatic carbocycles. The molecule has 0 radical (unpaired) electrons. The van der Waals surface area contributed by atoms with Crippen LogP contribution in [0.4, 0.5) is 0 Å². The van der Waals surface area contributed by atoms with Gasteiger partial charge in [-0.15, -0.1) is 0 Å². The molecule has 20 N–H and O–H groups in total. The number of ether oxygens (including phenoxy) is 6. The highest BCUT2D eigenvalue weighted by Gasteiger charge is 2.52. The van der Waals surface area contributed by atoms with Crippen LogP contribution in [0.2, 0.25) is 10.0 Å². The molecule has 18 atom stereocenters. The second-order valence-corrected chi connectivity index (χ2v) is 27.2. The molecule has 5 aromatic rings. The van der Waals surface area contributed by atoms with Gasteiger partial charge in [0.25, 0.3) is 0 Å². The maximum absolute atomic E-state index is 16.0. The first-order valence-electron chi connectivity index (χ1n) is 32.0. The first kappa shape index (κ1) is 75.5. The van der Waals surface area contributed by atoms with Gasteiger partial charge in [0, 0.05) is 34.7 Å². The molecule has 102 heavy (non-hydrogen) atoms. The third kappa shape index (κ3) is 15.9. The number of carboxylic acids is 1. The Kier molecular flexibility index (Phi) is 22.5. The van der Waals surface area contributed by atoms with Gasteiger partial charge in [0.15, 0.2) is 29.9 Å². The van der Waals surface area contributed by atoms with E-state index in [0.717, 1.165) is 66.7 Å². The largest absolute Gasteiger partial charge is 0.508 e. The van der Waals surface area contributed by atoms with Crippen molar-refractivity contribution in [2.24, 2.45) is 17.4 Å². The van der Waals surface area contributed by atoms with Crippen LogP contribution in [-0.4, -0.2) is 203 Å². The number of benzene rings is 5. The van der Waals surface area contributed by atoms with E-state index in [1.165, 1.54) is 26.0 Å². The van der Waals surface area contributed by atoms with Crippen molar-refractivity contribution in [1.29, 1.82) is 0 Å². The summed E-state index contributed by atoms with van der Waals surface area (Å²) in [4.78, 5) is 119. The Morgan fingerprint density at radius 2 is 1.31 bits per heavy atom. The zero-order valence-electron chi connectivity index (χ0n) is 55.3. The number of nitrogens with two attached hydrogens (primary N) is 2. The summed E-state index contributed by atoms with van der Waals surface area (Å²) in [5.74, 6) is -15.9. The summed E-state index contributed by atoms with van der Waals surface area (Å²) in [7, 11) is 3.19. The van der Waals surface area contributed by atoms with Gasteiger partial charge in [0.05, 0.1) is 41.3 Å². The van der Waals surface area contributed by atoms with E-state index in [9.17, 15) is 75.0 Å². The molecule has 0 spiro atoms. The van der Waals surface area contributed by atoms with Gasteiger partial charge >= 0.3 is 5.97 Å². The Morgan fingerprint density at radius 1 is 0.716 bits per heavy atom. The Bertz CT molecular complexity index is 4110. The molecule has 7 heterocycles. The average Bonchev–Trinajstić information content (AvgIpc) is 0.770. The number of carboxylic acid groups (broad SMARTS) is 1. The van der Waals surface area contributed by atoms with Crippen molar-refractivity contribution in [3.63, 3.8) is 0 Å². The number of phenolic OH excluding ortho intramolecular Hbond substituents is 3. The van der Waals surface area contributed by atoms with E-state index >= 15 is 14.4 Å². The van der Waals surface area contributed by atoms with Crippen LogP contribution in [0.15, 0.2) is 78.9 Å². The predicted molar refractivity (Wildman–Crippen MR) is 354 cm³/mol. The number of aliphatic hydroxyl groups is 6. The number of rotatable bonds is 13. The number of aliphatic hydroxyl groups excluding tert-OH is 6. The van der Waals surface area contributed by atoms with Gasteiger partial charge in [-0.3, -0.25) is 38.5 Å². The number of aromatic hydroxyl groups is 3. The van der Waals surface area contributed by atoms with Crippen LogP contribution >= 0.6 is 23.2 Å². The third-order valence-electron chi connectivity index (χ3n) is 18.0. The highest BCUT2D eigenvalue weighted by Crippen LogP contribution is 2.50. The molecule has 7 aliphatic rings. The molecule has 7 amide bonds. The van der Waals surface area contributed by atoms with E-state index in [-0.39, 0.29) is 46.2 Å². The van der Waals surface area contributed by atoms with E-state index in [4.69, 9.17) is 63.1 Å². The molecule has 0 aromatic heterocycles. The van der Waals surface area contributed by atoms with Crippen molar-refractivity contribution in [2.45, 2.75) is 156 Å². The number of hydrogen-bond donors (Lipinski definition) is 18. The van der Waals surface area contributed by atoms with Crippen molar-refractivity contribution in [3.05, 3.63) is 117 Å². The number of phenols is 3. The van der Waals surface area contributed by atoms with Crippen molar-refractivity contribution in [2.75, 3.05) is 20.7 Å². The normalized spacial score (nSPS) is 29.3. The maximum Gasteiger partial charge on any atom is 0.330 e. The van der Waals surface area contributed by atoms with Crippen LogP contribution in [0.3, 0.4) is 0 Å². The van der Waals surface area contributed by atoms with Crippen LogP contribution in [0.25, 0.3) is 11.1 Å². The standard InChI is InChI=1S/C67H77Cl2N9O24/c1-24(2)13-36(78(5)6)60(90)76-50-52(84)27-8-11-39(33(68)15-27)98-41-17-29-18-42(56(41)102-66-57(55(87)54(86)43(23-79)100-66)101-45-22-67(4,71)58(88)25(3)97-45)99-40-12-9-28(16-34(40)69)53(85)51-64(94)75-49(65(95)96)32-19-30(80)20-38(82)46(32)31-14-26(7-10-37(31)81)47(61(91)77-51)74-62(92)48(29)73-59(89)35(21-44(70)83)72-63(50)93/h7-12,14-20,24-25,35-36,43,45,47-55,57-58,66,79-82,84-88H,13,21-23,71H2,1-6H3,(H2,70,83)(H,72,93)(H,73,89)(H,74,92)(H,75,94)(H,76,90)(H,77,91)(H,95,96)/t25-,35-,36+,43?,45-,47?,48+,49-,50+,51-,52+,53+,54?,55?,57+,58+,66-,67-/m0/s1. The number of carbonyl (C=O) groups is 8. The summed E-state index contributed by atoms with van der Waals surface area (Å²) in [6.07, 6.45) is -18.5. The Labute approximate surface area is 590 Å². The molecular formula is C67H77Cl2N9O24. The molecule has 2 fully saturated rings. The van der Waals surface area contributed by atoms with Crippen molar-refractivity contribution < 1.29 is 118 Å². The molecule has 35 heteroatoms.